The molecule has 0 unspecified atom stereocenters. The largest absolute Gasteiger partial charge is 3.00 e. The fourth-order valence-electron chi connectivity index (χ4n) is 0. The van der Waals surface area contributed by atoms with Gasteiger partial charge in [-0.1, -0.05) is 0 Å². The Labute approximate surface area is 165 Å². The predicted octanol–water partition coefficient (Wildman–Crippen LogP) is -1.14. The molecule has 26 heavy (non-hydrogen) atoms. The van der Waals surface area contributed by atoms with Crippen LogP contribution in [0.5, 0.6) is 0 Å². The topological polar surface area (TPSA) is 172 Å². The van der Waals surface area contributed by atoms with Crippen LogP contribution in [0.15, 0.2) is 0 Å². The van der Waals surface area contributed by atoms with Gasteiger partial charge in [0.05, 0.1) is 0 Å². The molecule has 0 saturated carbocycles. The summed E-state index contributed by atoms with van der Waals surface area (Å²) in [7, 11) is -18.3. The molecule has 154 valence electrons. The van der Waals surface area contributed by atoms with Gasteiger partial charge in [0.15, 0.2) is 30.4 Å². The first kappa shape index (κ1) is 37.2. The minimum Gasteiger partial charge on any atom is -0.741 e. The van der Waals surface area contributed by atoms with E-state index in [4.69, 9.17) is 38.9 Å². The van der Waals surface area contributed by atoms with E-state index >= 15 is 0 Å². The van der Waals surface area contributed by atoms with Crippen LogP contribution >= 0.6 is 0 Å². The smallest absolute Gasteiger partial charge is 0.741 e. The van der Waals surface area contributed by atoms with Gasteiger partial charge >= 0.3 is 56.9 Å². The van der Waals surface area contributed by atoms with Crippen LogP contribution in [0.2, 0.25) is 0 Å². The zero-order valence-corrected chi connectivity index (χ0v) is 14.0. The maximum Gasteiger partial charge on any atom is 3.00 e. The van der Waals surface area contributed by atoms with Gasteiger partial charge in [0.1, 0.15) is 0 Å². The average Bonchev–Trinajstić information content (AvgIpc) is 2.08. The number of hydrogen-bond acceptors (Lipinski definition) is 9. The first-order valence-electron chi connectivity index (χ1n) is 3.81. The molecule has 0 aliphatic carbocycles. The summed E-state index contributed by atoms with van der Waals surface area (Å²) in [5, 5.41) is 0. The molecule has 0 bridgehead atoms. The Hall–Kier alpha value is 0.399. The molecular formula is C3H2AlF9MgO9S3. The molecule has 0 atom stereocenters. The maximum atomic E-state index is 10.7. The van der Waals surface area contributed by atoms with Crippen molar-refractivity contribution in [1.82, 2.24) is 0 Å². The van der Waals surface area contributed by atoms with Gasteiger partial charge in [-0.2, -0.15) is 39.5 Å². The van der Waals surface area contributed by atoms with Crippen LogP contribution in [0, 0.1) is 0 Å². The summed E-state index contributed by atoms with van der Waals surface area (Å²) in [6.45, 7) is 0. The molecular weight excluding hydrogens is 498 g/mol. The third-order valence-corrected chi connectivity index (χ3v) is 2.55. The summed E-state index contributed by atoms with van der Waals surface area (Å²) in [5.74, 6) is 0. The standard InChI is InChI=1S/3CHF3O3S.Al.Mg.2H/c3*2-1(3,4)8(5,6)7;;;;/h3*(H,5,6,7);;;;/q;;;+3;;;/p-3. The molecule has 0 fully saturated rings. The number of rotatable bonds is 0. The number of hydrogen-bond donors (Lipinski definition) is 0. The predicted molar refractivity (Wildman–Crippen MR) is 61.6 cm³/mol. The van der Waals surface area contributed by atoms with E-state index in [0.29, 0.717) is 0 Å². The summed E-state index contributed by atoms with van der Waals surface area (Å²) < 4.78 is 177. The van der Waals surface area contributed by atoms with Gasteiger partial charge < -0.3 is 13.7 Å². The van der Waals surface area contributed by atoms with Crippen molar-refractivity contribution < 1.29 is 78.4 Å². The molecule has 0 rings (SSSR count). The van der Waals surface area contributed by atoms with Crippen LogP contribution in [-0.2, 0) is 30.4 Å². The van der Waals surface area contributed by atoms with E-state index in [9.17, 15) is 39.5 Å². The van der Waals surface area contributed by atoms with Crippen LogP contribution in [-0.4, -0.2) is 95.9 Å². The van der Waals surface area contributed by atoms with E-state index in [2.05, 4.69) is 0 Å². The second-order valence-electron chi connectivity index (χ2n) is 2.70. The second-order valence-corrected chi connectivity index (χ2v) is 6.81. The SMILES string of the molecule is O=S(=O)([O-])C(F)(F)F.O=S(=O)([O-])C(F)(F)F.O=S(=O)([O-])C(F)(F)F.[Al+3].[MgH2]. The molecule has 0 aliphatic heterocycles. The van der Waals surface area contributed by atoms with Crippen molar-refractivity contribution in [3.63, 3.8) is 0 Å². The second kappa shape index (κ2) is 11.4. The molecule has 0 aromatic heterocycles. The summed E-state index contributed by atoms with van der Waals surface area (Å²) in [5.41, 5.74) is -16.9. The van der Waals surface area contributed by atoms with Gasteiger partial charge in [0.25, 0.3) is 0 Å². The van der Waals surface area contributed by atoms with E-state index in [1.807, 2.05) is 0 Å². The molecule has 0 spiro atoms. The summed E-state index contributed by atoms with van der Waals surface area (Å²) >= 11 is 0. The van der Waals surface area contributed by atoms with Crippen molar-refractivity contribution >= 4 is 70.8 Å². The van der Waals surface area contributed by atoms with Crippen molar-refractivity contribution in [2.45, 2.75) is 16.5 Å². The maximum absolute atomic E-state index is 10.7. The van der Waals surface area contributed by atoms with E-state index in [-0.39, 0.29) is 40.4 Å². The van der Waals surface area contributed by atoms with Gasteiger partial charge in [0.2, 0.25) is 0 Å². The summed E-state index contributed by atoms with van der Waals surface area (Å²) in [6, 6.07) is 0. The van der Waals surface area contributed by atoms with Crippen molar-refractivity contribution in [1.29, 1.82) is 0 Å². The quantitative estimate of drug-likeness (QED) is 0.172. The van der Waals surface area contributed by atoms with Gasteiger partial charge in [-0.05, 0) is 0 Å². The van der Waals surface area contributed by atoms with Crippen LogP contribution in [0.1, 0.15) is 0 Å². The number of alkyl halides is 9. The first-order chi connectivity index (χ1) is 9.75. The number of halogens is 9. The van der Waals surface area contributed by atoms with E-state index in [1.165, 1.54) is 0 Å². The van der Waals surface area contributed by atoms with E-state index in [1.54, 1.807) is 0 Å². The molecule has 0 radical (unpaired) electrons. The van der Waals surface area contributed by atoms with Crippen molar-refractivity contribution in [3.05, 3.63) is 0 Å². The van der Waals surface area contributed by atoms with Crippen LogP contribution in [0.3, 0.4) is 0 Å². The Bertz CT molecular complexity index is 602. The minimum atomic E-state index is -6.09. The van der Waals surface area contributed by atoms with Gasteiger partial charge in [-0.25, -0.2) is 25.3 Å². The zero-order valence-electron chi connectivity index (χ0n) is 10.4. The molecule has 0 aromatic rings. The fourth-order valence-corrected chi connectivity index (χ4v) is 0. The molecule has 0 N–H and O–H groups in total. The Kier molecular flexibility index (Phi) is 16.3. The summed E-state index contributed by atoms with van der Waals surface area (Å²) in [4.78, 5) is 0. The van der Waals surface area contributed by atoms with Gasteiger partial charge in [0, 0.05) is 0 Å². The van der Waals surface area contributed by atoms with Crippen LogP contribution in [0.4, 0.5) is 39.5 Å². The molecule has 0 aliphatic rings. The average molecular weight is 501 g/mol. The Morgan fingerprint density at radius 3 is 0.500 bits per heavy atom. The Balaban J connectivity index is -0.0000000817. The van der Waals surface area contributed by atoms with Gasteiger partial charge in [-0.15, -0.1) is 0 Å². The van der Waals surface area contributed by atoms with Crippen molar-refractivity contribution in [2.75, 3.05) is 0 Å². The Morgan fingerprint density at radius 2 is 0.500 bits per heavy atom. The Morgan fingerprint density at radius 1 is 0.462 bits per heavy atom. The molecule has 9 nitrogen and oxygen atoms in total. The minimum absolute atomic E-state index is 0. The monoisotopic (exact) mass is 500 g/mol. The van der Waals surface area contributed by atoms with Crippen LogP contribution < -0.4 is 0 Å². The molecule has 0 heterocycles. The zero-order chi connectivity index (χ0) is 21.0. The normalized spacial score (nSPS) is 12.9. The van der Waals surface area contributed by atoms with Crippen molar-refractivity contribution in [2.24, 2.45) is 0 Å². The molecule has 0 amide bonds. The molecule has 0 aromatic carbocycles. The fraction of sp³-hybridized carbons (Fsp3) is 1.00. The van der Waals surface area contributed by atoms with Crippen LogP contribution in [0.25, 0.3) is 0 Å². The van der Waals surface area contributed by atoms with E-state index < -0.39 is 46.9 Å². The van der Waals surface area contributed by atoms with E-state index in [0.717, 1.165) is 0 Å². The van der Waals surface area contributed by atoms with Crippen molar-refractivity contribution in [3.8, 4) is 0 Å². The third-order valence-electron chi connectivity index (χ3n) is 0.850. The van der Waals surface area contributed by atoms with Gasteiger partial charge in [-0.3, -0.25) is 0 Å². The molecule has 23 heteroatoms. The first-order valence-corrected chi connectivity index (χ1v) is 8.04. The summed E-state index contributed by atoms with van der Waals surface area (Å²) in [6.07, 6.45) is 0. The third kappa shape index (κ3) is 17.8. The molecule has 0 saturated heterocycles.